The zero-order chi connectivity index (χ0) is 36.3. The number of rotatable bonds is 3. The molecule has 2 aliphatic carbocycles. The summed E-state index contributed by atoms with van der Waals surface area (Å²) in [6.45, 7) is 29.1. The normalized spacial score (nSPS) is 15.2. The number of hydrogen-bond donors (Lipinski definition) is 0. The molecule has 1 heteroatoms. The second-order valence-corrected chi connectivity index (χ2v) is 18.3. The van der Waals surface area contributed by atoms with Gasteiger partial charge in [-0.05, 0) is 17.4 Å². The van der Waals surface area contributed by atoms with E-state index < -0.39 is 0 Å². The van der Waals surface area contributed by atoms with Gasteiger partial charge < -0.3 is 0 Å². The molecule has 6 rings (SSSR count). The molecule has 4 aromatic carbocycles. The Morgan fingerprint density at radius 3 is 1.65 bits per heavy atom. The van der Waals surface area contributed by atoms with Gasteiger partial charge >= 0.3 is 112 Å². The van der Waals surface area contributed by atoms with Gasteiger partial charge in [0.2, 0.25) is 0 Å². The quantitative estimate of drug-likeness (QED) is 0.162. The van der Waals surface area contributed by atoms with E-state index >= 15 is 0 Å². The van der Waals surface area contributed by atoms with Crippen molar-refractivity contribution < 1.29 is 24.2 Å². The summed E-state index contributed by atoms with van der Waals surface area (Å²) in [5, 5.41) is 0. The third-order valence-electron chi connectivity index (χ3n) is 9.51. The van der Waals surface area contributed by atoms with Crippen molar-refractivity contribution in [2.24, 2.45) is 11.3 Å². The van der Waals surface area contributed by atoms with Crippen LogP contribution in [0.1, 0.15) is 127 Å². The van der Waals surface area contributed by atoms with E-state index in [1.54, 1.807) is 0 Å². The van der Waals surface area contributed by atoms with Gasteiger partial charge in [0.05, 0.1) is 0 Å². The van der Waals surface area contributed by atoms with Crippen molar-refractivity contribution in [3.05, 3.63) is 153 Å². The van der Waals surface area contributed by atoms with E-state index in [1.165, 1.54) is 94.2 Å². The minimum absolute atomic E-state index is 0.177. The average Bonchev–Trinajstić information content (AvgIpc) is 3.61. The fourth-order valence-electron chi connectivity index (χ4n) is 6.33. The molecular formula is C48H58Zr. The first-order valence-electron chi connectivity index (χ1n) is 18.0. The summed E-state index contributed by atoms with van der Waals surface area (Å²) in [4.78, 5) is 0. The van der Waals surface area contributed by atoms with Crippen molar-refractivity contribution in [1.82, 2.24) is 0 Å². The van der Waals surface area contributed by atoms with Gasteiger partial charge in [0, 0.05) is 0 Å². The topological polar surface area (TPSA) is 0 Å². The van der Waals surface area contributed by atoms with Crippen LogP contribution >= 0.6 is 0 Å². The number of hydrogen-bond acceptors (Lipinski definition) is 0. The van der Waals surface area contributed by atoms with Crippen LogP contribution in [0.2, 0.25) is 0 Å². The molecule has 0 fully saturated rings. The molecule has 0 spiro atoms. The van der Waals surface area contributed by atoms with E-state index in [0.717, 1.165) is 12.8 Å². The Balaban J connectivity index is 0.000000173. The summed E-state index contributed by atoms with van der Waals surface area (Å²) in [5.41, 5.74) is 17.3. The van der Waals surface area contributed by atoms with Crippen molar-refractivity contribution in [3.8, 4) is 11.1 Å². The van der Waals surface area contributed by atoms with Crippen LogP contribution in [0.25, 0.3) is 11.1 Å². The van der Waals surface area contributed by atoms with Crippen LogP contribution in [0.3, 0.4) is 0 Å². The summed E-state index contributed by atoms with van der Waals surface area (Å²) in [6, 6.07) is 32.6. The van der Waals surface area contributed by atoms with Crippen molar-refractivity contribution in [3.63, 3.8) is 0 Å². The molecule has 0 bridgehead atoms. The number of benzene rings is 4. The van der Waals surface area contributed by atoms with Crippen LogP contribution in [0.4, 0.5) is 0 Å². The predicted molar refractivity (Wildman–Crippen MR) is 210 cm³/mol. The molecule has 0 saturated heterocycles. The predicted octanol–water partition coefficient (Wildman–Crippen LogP) is 12.8. The van der Waals surface area contributed by atoms with Gasteiger partial charge in [-0.15, -0.1) is 5.56 Å². The van der Waals surface area contributed by atoms with Crippen molar-refractivity contribution in [2.75, 3.05) is 0 Å². The average molecular weight is 726 g/mol. The third kappa shape index (κ3) is 10.1. The molecule has 49 heavy (non-hydrogen) atoms. The van der Waals surface area contributed by atoms with Crippen molar-refractivity contribution >= 4 is 3.21 Å². The Hall–Kier alpha value is -2.89. The Bertz CT molecular complexity index is 1710. The van der Waals surface area contributed by atoms with Gasteiger partial charge in [-0.25, -0.2) is 5.57 Å². The summed E-state index contributed by atoms with van der Waals surface area (Å²) in [5.74, 6) is 0.522. The molecule has 0 nitrogen and oxygen atoms in total. The molecule has 0 heterocycles. The molecule has 0 saturated carbocycles. The Morgan fingerprint density at radius 2 is 1.20 bits per heavy atom. The van der Waals surface area contributed by atoms with E-state index in [9.17, 15) is 0 Å². The maximum absolute atomic E-state index is 3.53. The second-order valence-electron chi connectivity index (χ2n) is 17.0. The Labute approximate surface area is 314 Å². The van der Waals surface area contributed by atoms with Gasteiger partial charge in [-0.3, -0.25) is 6.08 Å². The van der Waals surface area contributed by atoms with Crippen molar-refractivity contribution in [2.45, 2.75) is 114 Å². The van der Waals surface area contributed by atoms with Gasteiger partial charge in [0.15, 0.2) is 0 Å². The van der Waals surface area contributed by atoms with E-state index in [1.807, 2.05) is 0 Å². The zero-order valence-electron chi connectivity index (χ0n) is 32.6. The SMILES string of the molecule is CC(C)(C)c1c[c-]c2c(c1)-c1cc(C(C)(C)C)ccc1C2.CCC1=[C-]C(C)C=C1C(C)(C)C.Cc1ccc([C](=[Zr+2])c2ccc(C)cc2)cc1. The van der Waals surface area contributed by atoms with Crippen LogP contribution in [0.5, 0.6) is 0 Å². The summed E-state index contributed by atoms with van der Waals surface area (Å²) in [7, 11) is 0. The first kappa shape index (κ1) is 38.9. The van der Waals surface area contributed by atoms with Gasteiger partial charge in [-0.2, -0.15) is 41.0 Å². The fourth-order valence-corrected chi connectivity index (χ4v) is 7.15. The van der Waals surface area contributed by atoms with E-state index in [2.05, 4.69) is 187 Å². The summed E-state index contributed by atoms with van der Waals surface area (Å²) >= 11 is 1.46. The first-order valence-corrected chi connectivity index (χ1v) is 19.3. The molecular weight excluding hydrogens is 668 g/mol. The summed E-state index contributed by atoms with van der Waals surface area (Å²) < 4.78 is 1.42. The molecule has 254 valence electrons. The maximum atomic E-state index is 3.53. The molecule has 0 N–H and O–H groups in total. The van der Waals surface area contributed by atoms with E-state index in [-0.39, 0.29) is 10.8 Å². The fraction of sp³-hybridized carbons (Fsp3) is 0.396. The molecule has 0 aliphatic heterocycles. The molecule has 0 aromatic heterocycles. The van der Waals surface area contributed by atoms with Gasteiger partial charge in [0.25, 0.3) is 0 Å². The van der Waals surface area contributed by atoms with Crippen molar-refractivity contribution in [1.29, 1.82) is 0 Å². The second kappa shape index (κ2) is 15.6. The van der Waals surface area contributed by atoms with E-state index in [4.69, 9.17) is 0 Å². The standard InChI is InChI=1S/C21H25.C15H14.C12H19.Zr/c1-20(2,3)16-9-7-14-11-15-8-10-17(21(4,5)6)13-19(15)18(14)12-16;1-12-3-7-14(8-4-12)11-15-9-5-13(2)6-10-15;1-6-10-7-9(2)8-11(10)12(3,4)5;/h7,9-10,12-13H,11H2,1-6H3;3-10H,1-2H3;8-9H,6H2,1-5H3;/q-1;;-1;+2. The third-order valence-corrected chi connectivity index (χ3v) is 10.9. The zero-order valence-corrected chi connectivity index (χ0v) is 35.0. The number of fused-ring (bicyclic) bond motifs is 3. The number of allylic oxidation sites excluding steroid dienone is 4. The molecule has 4 aromatic rings. The molecule has 1 atom stereocenters. The van der Waals surface area contributed by atoms with Crippen LogP contribution in [-0.2, 0) is 41.5 Å². The molecule has 2 aliphatic rings. The van der Waals surface area contributed by atoms with Crippen LogP contribution in [-0.4, -0.2) is 3.21 Å². The van der Waals surface area contributed by atoms with Crippen LogP contribution < -0.4 is 0 Å². The minimum atomic E-state index is 0.177. The van der Waals surface area contributed by atoms with Gasteiger partial charge in [-0.1, -0.05) is 129 Å². The van der Waals surface area contributed by atoms with Gasteiger partial charge in [0.1, 0.15) is 0 Å². The van der Waals surface area contributed by atoms with E-state index in [0.29, 0.717) is 11.3 Å². The molecule has 0 radical (unpaired) electrons. The molecule has 0 amide bonds. The first-order chi connectivity index (χ1) is 22.8. The van der Waals surface area contributed by atoms with Crippen LogP contribution in [0.15, 0.2) is 96.1 Å². The summed E-state index contributed by atoms with van der Waals surface area (Å²) in [6.07, 6.45) is 7.98. The Morgan fingerprint density at radius 1 is 0.694 bits per heavy atom. The monoisotopic (exact) mass is 724 g/mol. The number of aryl methyl sites for hydroxylation is 2. The molecule has 1 unspecified atom stereocenters. The van der Waals surface area contributed by atoms with Crippen LogP contribution in [0, 0.1) is 37.3 Å². The Kier molecular flexibility index (Phi) is 12.4.